The molecule has 3 heterocycles. The monoisotopic (exact) mass is 384 g/mol. The number of carbonyl (C=O) groups excluding carboxylic acids is 1. The second-order valence-corrected chi connectivity index (χ2v) is 8.12. The van der Waals surface area contributed by atoms with Gasteiger partial charge in [0.1, 0.15) is 0 Å². The van der Waals surface area contributed by atoms with Crippen LogP contribution in [0.1, 0.15) is 22.0 Å². The Hall–Kier alpha value is -2.22. The zero-order chi connectivity index (χ0) is 19.0. The van der Waals surface area contributed by atoms with E-state index in [0.717, 1.165) is 27.8 Å². The van der Waals surface area contributed by atoms with Crippen molar-refractivity contribution in [3.63, 3.8) is 0 Å². The Labute approximate surface area is 162 Å². The van der Waals surface area contributed by atoms with Gasteiger partial charge in [0, 0.05) is 47.4 Å². The molecule has 0 N–H and O–H groups in total. The van der Waals surface area contributed by atoms with E-state index in [4.69, 9.17) is 4.74 Å². The van der Waals surface area contributed by atoms with E-state index < -0.39 is 0 Å². The van der Waals surface area contributed by atoms with Crippen molar-refractivity contribution < 1.29 is 9.53 Å². The number of amides is 1. The maximum absolute atomic E-state index is 13.5. The second kappa shape index (κ2) is 7.42. The zero-order valence-electron chi connectivity index (χ0n) is 15.8. The van der Waals surface area contributed by atoms with Crippen molar-refractivity contribution in [3.05, 3.63) is 53.2 Å². The quantitative estimate of drug-likeness (QED) is 0.694. The largest absolute Gasteiger partial charge is 0.373 e. The molecule has 142 valence electrons. The number of carbonyl (C=O) groups is 1. The van der Waals surface area contributed by atoms with Crippen molar-refractivity contribution in [2.24, 2.45) is 7.05 Å². The van der Waals surface area contributed by atoms with E-state index in [-0.39, 0.29) is 18.1 Å². The molecule has 27 heavy (non-hydrogen) atoms. The van der Waals surface area contributed by atoms with Crippen molar-refractivity contribution in [2.45, 2.75) is 12.1 Å². The molecule has 0 aliphatic carbocycles. The second-order valence-electron chi connectivity index (χ2n) is 7.21. The number of thiophene rings is 1. The SMILES string of the molecule is CN(C)C[C@@H]1OCCN(C(=O)c2csc3ccccc23)[C@H]1c1cnn(C)c1. The molecule has 0 saturated carbocycles. The van der Waals surface area contributed by atoms with Crippen molar-refractivity contribution in [3.8, 4) is 0 Å². The van der Waals surface area contributed by atoms with E-state index in [0.29, 0.717) is 13.2 Å². The summed E-state index contributed by atoms with van der Waals surface area (Å²) in [5.41, 5.74) is 1.78. The molecule has 7 heteroatoms. The molecule has 1 saturated heterocycles. The predicted molar refractivity (Wildman–Crippen MR) is 107 cm³/mol. The number of morpholine rings is 1. The molecular formula is C20H24N4O2S. The van der Waals surface area contributed by atoms with Crippen molar-refractivity contribution in [1.29, 1.82) is 0 Å². The van der Waals surface area contributed by atoms with Gasteiger partial charge in [-0.05, 0) is 20.2 Å². The van der Waals surface area contributed by atoms with Gasteiger partial charge in [-0.1, -0.05) is 18.2 Å². The molecule has 1 aliphatic heterocycles. The molecule has 3 aromatic rings. The molecule has 0 unspecified atom stereocenters. The number of nitrogens with zero attached hydrogens (tertiary/aromatic N) is 4. The van der Waals surface area contributed by atoms with Crippen LogP contribution in [-0.4, -0.2) is 65.4 Å². The number of ether oxygens (including phenoxy) is 1. The molecule has 1 amide bonds. The number of fused-ring (bicyclic) bond motifs is 1. The van der Waals surface area contributed by atoms with Crippen molar-refractivity contribution >= 4 is 27.3 Å². The van der Waals surface area contributed by atoms with Gasteiger partial charge >= 0.3 is 0 Å². The first kappa shape index (κ1) is 18.2. The van der Waals surface area contributed by atoms with Gasteiger partial charge < -0.3 is 14.5 Å². The van der Waals surface area contributed by atoms with Gasteiger partial charge in [-0.15, -0.1) is 11.3 Å². The van der Waals surface area contributed by atoms with Crippen LogP contribution in [0.15, 0.2) is 42.0 Å². The smallest absolute Gasteiger partial charge is 0.256 e. The molecular weight excluding hydrogens is 360 g/mol. The van der Waals surface area contributed by atoms with Gasteiger partial charge in [0.05, 0.1) is 30.5 Å². The first-order valence-corrected chi connectivity index (χ1v) is 9.94. The van der Waals surface area contributed by atoms with Crippen molar-refractivity contribution in [2.75, 3.05) is 33.8 Å². The highest BCUT2D eigenvalue weighted by atomic mass is 32.1. The highest BCUT2D eigenvalue weighted by molar-refractivity contribution is 7.17. The van der Waals surface area contributed by atoms with Crippen molar-refractivity contribution in [1.82, 2.24) is 19.6 Å². The summed E-state index contributed by atoms with van der Waals surface area (Å²) in [4.78, 5) is 17.6. The Kier molecular flexibility index (Phi) is 4.99. The van der Waals surface area contributed by atoms with Gasteiger partial charge in [-0.25, -0.2) is 0 Å². The van der Waals surface area contributed by atoms with E-state index >= 15 is 0 Å². The summed E-state index contributed by atoms with van der Waals surface area (Å²) in [6, 6.07) is 7.92. The maximum Gasteiger partial charge on any atom is 0.256 e. The van der Waals surface area contributed by atoms with Gasteiger partial charge in [0.2, 0.25) is 0 Å². The summed E-state index contributed by atoms with van der Waals surface area (Å²) < 4.78 is 8.99. The predicted octanol–water partition coefficient (Wildman–Crippen LogP) is 2.78. The molecule has 0 spiro atoms. The van der Waals surface area contributed by atoms with Gasteiger partial charge in [-0.3, -0.25) is 9.48 Å². The van der Waals surface area contributed by atoms with E-state index in [1.165, 1.54) is 0 Å². The van der Waals surface area contributed by atoms with Gasteiger partial charge in [0.15, 0.2) is 0 Å². The van der Waals surface area contributed by atoms with Crippen LogP contribution in [0.4, 0.5) is 0 Å². The molecule has 4 rings (SSSR count). The average molecular weight is 385 g/mol. The highest BCUT2D eigenvalue weighted by Gasteiger charge is 2.38. The molecule has 2 aromatic heterocycles. The first-order chi connectivity index (χ1) is 13.0. The Bertz CT molecular complexity index is 948. The lowest BCUT2D eigenvalue weighted by Crippen LogP contribution is -2.51. The number of hydrogen-bond acceptors (Lipinski definition) is 5. The average Bonchev–Trinajstić information content (AvgIpc) is 3.26. The van der Waals surface area contributed by atoms with Gasteiger partial charge in [-0.2, -0.15) is 5.10 Å². The van der Waals surface area contributed by atoms with Crippen LogP contribution >= 0.6 is 11.3 Å². The number of likely N-dealkylation sites (N-methyl/N-ethyl adjacent to an activating group) is 1. The Balaban J connectivity index is 1.73. The van der Waals surface area contributed by atoms with Crippen LogP contribution in [0.5, 0.6) is 0 Å². The minimum Gasteiger partial charge on any atom is -0.373 e. The fourth-order valence-electron chi connectivity index (χ4n) is 3.76. The molecule has 1 aliphatic rings. The van der Waals surface area contributed by atoms with E-state index in [9.17, 15) is 4.79 Å². The van der Waals surface area contributed by atoms with Crippen LogP contribution in [-0.2, 0) is 11.8 Å². The van der Waals surface area contributed by atoms with Crippen LogP contribution in [0.3, 0.4) is 0 Å². The van der Waals surface area contributed by atoms with Crippen LogP contribution < -0.4 is 0 Å². The lowest BCUT2D eigenvalue weighted by atomic mass is 9.99. The molecule has 0 bridgehead atoms. The third-order valence-electron chi connectivity index (χ3n) is 4.94. The number of aryl methyl sites for hydroxylation is 1. The third-order valence-corrected chi connectivity index (χ3v) is 5.90. The van der Waals surface area contributed by atoms with Crippen LogP contribution in [0.2, 0.25) is 0 Å². The summed E-state index contributed by atoms with van der Waals surface area (Å²) in [5, 5.41) is 7.32. The summed E-state index contributed by atoms with van der Waals surface area (Å²) in [7, 11) is 5.94. The number of hydrogen-bond donors (Lipinski definition) is 0. The molecule has 6 nitrogen and oxygen atoms in total. The standard InChI is InChI=1S/C20H24N4O2S/c1-22(2)12-17-19(14-10-21-23(3)11-14)24(8-9-26-17)20(25)16-13-27-18-7-5-4-6-15(16)18/h4-7,10-11,13,17,19H,8-9,12H2,1-3H3/t17-,19-/m0/s1. The summed E-state index contributed by atoms with van der Waals surface area (Å²) >= 11 is 1.62. The Morgan fingerprint density at radius 3 is 2.93 bits per heavy atom. The van der Waals surface area contributed by atoms with E-state index in [1.807, 2.05) is 62.0 Å². The third kappa shape index (κ3) is 3.50. The maximum atomic E-state index is 13.5. The molecule has 2 atom stereocenters. The first-order valence-electron chi connectivity index (χ1n) is 9.06. The minimum absolute atomic E-state index is 0.0633. The summed E-state index contributed by atoms with van der Waals surface area (Å²) in [6.07, 6.45) is 3.73. The minimum atomic E-state index is -0.152. The molecule has 1 fully saturated rings. The zero-order valence-corrected chi connectivity index (χ0v) is 16.6. The Morgan fingerprint density at radius 2 is 2.19 bits per heavy atom. The van der Waals surface area contributed by atoms with E-state index in [1.54, 1.807) is 16.0 Å². The number of benzene rings is 1. The summed E-state index contributed by atoms with van der Waals surface area (Å²) in [5.74, 6) is 0.0633. The molecule has 1 aromatic carbocycles. The van der Waals surface area contributed by atoms with Crippen LogP contribution in [0, 0.1) is 0 Å². The van der Waals surface area contributed by atoms with E-state index in [2.05, 4.69) is 16.1 Å². The lowest BCUT2D eigenvalue weighted by Gasteiger charge is -2.41. The topological polar surface area (TPSA) is 50.6 Å². The Morgan fingerprint density at radius 1 is 1.37 bits per heavy atom. The molecule has 0 radical (unpaired) electrons. The fraction of sp³-hybridized carbons (Fsp3) is 0.400. The van der Waals surface area contributed by atoms with Gasteiger partial charge in [0.25, 0.3) is 5.91 Å². The normalized spacial score (nSPS) is 20.5. The number of rotatable bonds is 4. The lowest BCUT2D eigenvalue weighted by molar-refractivity contribution is -0.0684. The van der Waals surface area contributed by atoms with Crippen LogP contribution in [0.25, 0.3) is 10.1 Å². The highest BCUT2D eigenvalue weighted by Crippen LogP contribution is 2.34. The fourth-order valence-corrected chi connectivity index (χ4v) is 4.69. The summed E-state index contributed by atoms with van der Waals surface area (Å²) in [6.45, 7) is 1.86. The number of aromatic nitrogens is 2.